The molecule has 0 heterocycles. The molecule has 41 heavy (non-hydrogen) atoms. The van der Waals surface area contributed by atoms with Crippen molar-refractivity contribution >= 4 is 35.1 Å². The van der Waals surface area contributed by atoms with E-state index < -0.39 is 11.7 Å². The Balaban J connectivity index is 1.39. The number of hydrogen-bond acceptors (Lipinski definition) is 5. The molecule has 4 rings (SSSR count). The molecule has 0 aromatic heterocycles. The van der Waals surface area contributed by atoms with Crippen molar-refractivity contribution in [1.82, 2.24) is 4.90 Å². The summed E-state index contributed by atoms with van der Waals surface area (Å²) in [5, 5.41) is 8.55. The van der Waals surface area contributed by atoms with Crippen LogP contribution in [0.25, 0.3) is 0 Å². The van der Waals surface area contributed by atoms with E-state index in [0.717, 1.165) is 30.5 Å². The summed E-state index contributed by atoms with van der Waals surface area (Å²) in [5.74, 6) is -0.333. The van der Waals surface area contributed by atoms with Crippen LogP contribution in [0.4, 0.5) is 26.7 Å². The maximum Gasteiger partial charge on any atom is 0.412 e. The van der Waals surface area contributed by atoms with Crippen LogP contribution in [-0.4, -0.2) is 48.8 Å². The van der Waals surface area contributed by atoms with Gasteiger partial charge in [0.15, 0.2) is 0 Å². The van der Waals surface area contributed by atoms with Crippen LogP contribution >= 0.6 is 0 Å². The first-order valence-corrected chi connectivity index (χ1v) is 13.8. The van der Waals surface area contributed by atoms with Gasteiger partial charge in [-0.05, 0) is 93.1 Å². The number of rotatable bonds is 9. The van der Waals surface area contributed by atoms with Gasteiger partial charge >= 0.3 is 12.1 Å². The number of nitrogens with one attached hydrogen (secondary N) is 3. The van der Waals surface area contributed by atoms with Crippen molar-refractivity contribution in [1.29, 1.82) is 0 Å². The number of nitrogens with zero attached hydrogens (tertiary/aromatic N) is 1. The van der Waals surface area contributed by atoms with E-state index in [2.05, 4.69) is 28.1 Å². The number of carbonyl (C=O) groups excluding carboxylic acids is 3. The van der Waals surface area contributed by atoms with E-state index in [1.165, 1.54) is 11.1 Å². The van der Waals surface area contributed by atoms with E-state index in [0.29, 0.717) is 36.6 Å². The first-order chi connectivity index (χ1) is 19.6. The lowest BCUT2D eigenvalue weighted by molar-refractivity contribution is 0.0635. The zero-order chi connectivity index (χ0) is 29.4. The summed E-state index contributed by atoms with van der Waals surface area (Å²) in [7, 11) is 1.60. The maximum atomic E-state index is 13.1. The molecule has 0 spiro atoms. The standard InChI is InChI=1S/C32H38N4O5/c1-32(2,3)41-31(39)35-28-11-6-5-10-27(28)34-29(37)24-14-12-22(13-15-24)21-36(18-19-40-4)30(38)33-26-17-16-23-8-7-9-25(23)20-26/h5-6,10-17,20H,7-9,18-19,21H2,1-4H3,(H,33,38)(H,34,37)(H,35,39). The topological polar surface area (TPSA) is 109 Å². The molecule has 9 nitrogen and oxygen atoms in total. The number of urea groups is 1. The van der Waals surface area contributed by atoms with Crippen LogP contribution in [0.2, 0.25) is 0 Å². The fourth-order valence-corrected chi connectivity index (χ4v) is 4.60. The van der Waals surface area contributed by atoms with Crippen LogP contribution in [0.5, 0.6) is 0 Å². The van der Waals surface area contributed by atoms with Crippen LogP contribution in [-0.2, 0) is 28.9 Å². The van der Waals surface area contributed by atoms with Crippen molar-refractivity contribution in [2.75, 3.05) is 36.2 Å². The van der Waals surface area contributed by atoms with E-state index in [1.807, 2.05) is 18.2 Å². The third-order valence-electron chi connectivity index (χ3n) is 6.60. The first-order valence-electron chi connectivity index (χ1n) is 13.8. The molecule has 216 valence electrons. The molecule has 0 bridgehead atoms. The molecule has 0 aliphatic heterocycles. The molecule has 3 aromatic rings. The lowest BCUT2D eigenvalue weighted by Crippen LogP contribution is -2.36. The average Bonchev–Trinajstić information content (AvgIpc) is 3.39. The highest BCUT2D eigenvalue weighted by Gasteiger charge is 2.19. The fraction of sp³-hybridized carbons (Fsp3) is 0.344. The Morgan fingerprint density at radius 3 is 2.22 bits per heavy atom. The highest BCUT2D eigenvalue weighted by atomic mass is 16.6. The van der Waals surface area contributed by atoms with E-state index in [4.69, 9.17) is 9.47 Å². The third kappa shape index (κ3) is 8.56. The second-order valence-electron chi connectivity index (χ2n) is 11.0. The largest absolute Gasteiger partial charge is 0.444 e. The van der Waals surface area contributed by atoms with Crippen molar-refractivity contribution in [2.24, 2.45) is 0 Å². The Morgan fingerprint density at radius 2 is 1.54 bits per heavy atom. The Hall–Kier alpha value is -4.37. The SMILES string of the molecule is COCCN(Cc1ccc(C(=O)Nc2ccccc2NC(=O)OC(C)(C)C)cc1)C(=O)Nc1ccc2c(c1)CCC2. The molecule has 0 saturated heterocycles. The summed E-state index contributed by atoms with van der Waals surface area (Å²) in [6, 6.07) is 19.9. The van der Waals surface area contributed by atoms with Gasteiger partial charge in [-0.25, -0.2) is 9.59 Å². The number of aryl methyl sites for hydroxylation is 2. The van der Waals surface area contributed by atoms with Gasteiger partial charge in [-0.3, -0.25) is 10.1 Å². The van der Waals surface area contributed by atoms with Gasteiger partial charge in [-0.2, -0.15) is 0 Å². The average molecular weight is 559 g/mol. The molecular weight excluding hydrogens is 520 g/mol. The van der Waals surface area contributed by atoms with Gasteiger partial charge < -0.3 is 25.0 Å². The molecular formula is C32H38N4O5. The van der Waals surface area contributed by atoms with Crippen molar-refractivity contribution in [3.05, 3.63) is 89.0 Å². The number of methoxy groups -OCH3 is 1. The number of fused-ring (bicyclic) bond motifs is 1. The predicted molar refractivity (Wildman–Crippen MR) is 160 cm³/mol. The molecule has 0 saturated carbocycles. The smallest absolute Gasteiger partial charge is 0.412 e. The zero-order valence-electron chi connectivity index (χ0n) is 24.1. The van der Waals surface area contributed by atoms with Crippen molar-refractivity contribution in [3.8, 4) is 0 Å². The molecule has 4 amide bonds. The van der Waals surface area contributed by atoms with Crippen LogP contribution in [0.3, 0.4) is 0 Å². The zero-order valence-corrected chi connectivity index (χ0v) is 24.1. The summed E-state index contributed by atoms with van der Waals surface area (Å²) in [6.45, 7) is 6.50. The van der Waals surface area contributed by atoms with Gasteiger partial charge in [0.25, 0.3) is 5.91 Å². The molecule has 0 fully saturated rings. The highest BCUT2D eigenvalue weighted by molar-refractivity contribution is 6.06. The van der Waals surface area contributed by atoms with Gasteiger partial charge in [0.2, 0.25) is 0 Å². The van der Waals surface area contributed by atoms with Gasteiger partial charge in [0, 0.05) is 31.5 Å². The summed E-state index contributed by atoms with van der Waals surface area (Å²) >= 11 is 0. The highest BCUT2D eigenvalue weighted by Crippen LogP contribution is 2.26. The molecule has 1 aliphatic carbocycles. The number of anilines is 3. The van der Waals surface area contributed by atoms with Gasteiger partial charge in [0.1, 0.15) is 5.60 Å². The number of para-hydroxylation sites is 2. The van der Waals surface area contributed by atoms with E-state index in [-0.39, 0.29) is 11.9 Å². The first kappa shape index (κ1) is 29.6. The number of carbonyl (C=O) groups is 3. The lowest BCUT2D eigenvalue weighted by atomic mass is 10.1. The number of hydrogen-bond donors (Lipinski definition) is 3. The number of benzene rings is 3. The Morgan fingerprint density at radius 1 is 0.854 bits per heavy atom. The van der Waals surface area contributed by atoms with E-state index >= 15 is 0 Å². The third-order valence-corrected chi connectivity index (χ3v) is 6.60. The molecule has 0 radical (unpaired) electrons. The summed E-state index contributed by atoms with van der Waals surface area (Å²) in [5.41, 5.74) is 4.96. The molecule has 9 heteroatoms. The Bertz CT molecular complexity index is 1380. The minimum absolute atomic E-state index is 0.212. The monoisotopic (exact) mass is 558 g/mol. The Labute approximate surface area is 241 Å². The minimum atomic E-state index is -0.647. The lowest BCUT2D eigenvalue weighted by Gasteiger charge is -2.23. The number of amides is 4. The van der Waals surface area contributed by atoms with Gasteiger partial charge in [-0.15, -0.1) is 0 Å². The summed E-state index contributed by atoms with van der Waals surface area (Å²) in [6.07, 6.45) is 2.67. The van der Waals surface area contributed by atoms with E-state index in [1.54, 1.807) is 69.2 Å². The normalized spacial score (nSPS) is 12.3. The van der Waals surface area contributed by atoms with Crippen molar-refractivity contribution < 1.29 is 23.9 Å². The molecule has 1 aliphatic rings. The van der Waals surface area contributed by atoms with Gasteiger partial charge in [-0.1, -0.05) is 30.3 Å². The molecule has 0 unspecified atom stereocenters. The second kappa shape index (κ2) is 13.3. The molecule has 3 N–H and O–H groups in total. The van der Waals surface area contributed by atoms with Crippen LogP contribution in [0.15, 0.2) is 66.7 Å². The van der Waals surface area contributed by atoms with Crippen LogP contribution in [0.1, 0.15) is 54.2 Å². The van der Waals surface area contributed by atoms with Crippen molar-refractivity contribution in [3.63, 3.8) is 0 Å². The fourth-order valence-electron chi connectivity index (χ4n) is 4.60. The summed E-state index contributed by atoms with van der Waals surface area (Å²) < 4.78 is 10.5. The summed E-state index contributed by atoms with van der Waals surface area (Å²) in [4.78, 5) is 40.1. The van der Waals surface area contributed by atoms with Crippen LogP contribution in [0, 0.1) is 0 Å². The molecule has 3 aromatic carbocycles. The maximum absolute atomic E-state index is 13.1. The van der Waals surface area contributed by atoms with Crippen molar-refractivity contribution in [2.45, 2.75) is 52.2 Å². The van der Waals surface area contributed by atoms with Crippen LogP contribution < -0.4 is 16.0 Å². The number of ether oxygens (including phenoxy) is 2. The second-order valence-corrected chi connectivity index (χ2v) is 11.0. The van der Waals surface area contributed by atoms with Gasteiger partial charge in [0.05, 0.1) is 18.0 Å². The molecule has 0 atom stereocenters. The minimum Gasteiger partial charge on any atom is -0.444 e. The Kier molecular flexibility index (Phi) is 9.62. The van der Waals surface area contributed by atoms with E-state index in [9.17, 15) is 14.4 Å². The quantitative estimate of drug-likeness (QED) is 0.279. The predicted octanol–water partition coefficient (Wildman–Crippen LogP) is 6.46.